The molecule has 2 unspecified atom stereocenters. The molecule has 0 aliphatic heterocycles. The second-order valence-corrected chi connectivity index (χ2v) is 9.65. The van der Waals surface area contributed by atoms with Gasteiger partial charge in [0, 0.05) is 31.7 Å². The average molecular weight is 402 g/mol. The predicted octanol–water partition coefficient (Wildman–Crippen LogP) is 2.45. The Bertz CT molecular complexity index is 740. The molecule has 2 bridgehead atoms. The third-order valence-corrected chi connectivity index (χ3v) is 7.48. The summed E-state index contributed by atoms with van der Waals surface area (Å²) in [4.78, 5) is 12.9. The SMILES string of the molecule is CN(C)S(=O)(=O)c1cccc(NC(=O)C2CC3CCCC(C2)C3N)c1.Cl. The van der Waals surface area contributed by atoms with E-state index in [-0.39, 0.29) is 35.2 Å². The molecule has 2 atom stereocenters. The van der Waals surface area contributed by atoms with Crippen molar-refractivity contribution in [3.8, 4) is 0 Å². The van der Waals surface area contributed by atoms with Crippen LogP contribution in [0.4, 0.5) is 5.69 Å². The van der Waals surface area contributed by atoms with Crippen LogP contribution < -0.4 is 11.1 Å². The molecule has 2 aliphatic carbocycles. The number of nitrogens with one attached hydrogen (secondary N) is 1. The first-order valence-corrected chi connectivity index (χ1v) is 10.3. The van der Waals surface area contributed by atoms with E-state index >= 15 is 0 Å². The maximum absolute atomic E-state index is 12.7. The van der Waals surface area contributed by atoms with Gasteiger partial charge in [-0.15, -0.1) is 12.4 Å². The average Bonchev–Trinajstić information content (AvgIpc) is 2.54. The van der Waals surface area contributed by atoms with Crippen molar-refractivity contribution in [3.63, 3.8) is 0 Å². The van der Waals surface area contributed by atoms with Crippen LogP contribution in [-0.2, 0) is 14.8 Å². The number of hydrogen-bond donors (Lipinski definition) is 2. The lowest BCUT2D eigenvalue weighted by atomic mass is 9.65. The smallest absolute Gasteiger partial charge is 0.242 e. The topological polar surface area (TPSA) is 92.5 Å². The van der Waals surface area contributed by atoms with Crippen LogP contribution in [0.1, 0.15) is 32.1 Å². The second-order valence-electron chi connectivity index (χ2n) is 7.50. The van der Waals surface area contributed by atoms with Gasteiger partial charge in [-0.1, -0.05) is 12.5 Å². The highest BCUT2D eigenvalue weighted by molar-refractivity contribution is 7.89. The highest BCUT2D eigenvalue weighted by atomic mass is 35.5. The maximum Gasteiger partial charge on any atom is 0.242 e. The van der Waals surface area contributed by atoms with E-state index in [1.54, 1.807) is 12.1 Å². The summed E-state index contributed by atoms with van der Waals surface area (Å²) in [6.07, 6.45) is 5.09. The largest absolute Gasteiger partial charge is 0.327 e. The molecule has 26 heavy (non-hydrogen) atoms. The van der Waals surface area contributed by atoms with Crippen molar-refractivity contribution in [2.75, 3.05) is 19.4 Å². The van der Waals surface area contributed by atoms with Crippen molar-refractivity contribution in [2.45, 2.75) is 43.0 Å². The lowest BCUT2D eigenvalue weighted by Crippen LogP contribution is -2.48. The van der Waals surface area contributed by atoms with Crippen LogP contribution >= 0.6 is 12.4 Å². The van der Waals surface area contributed by atoms with Crippen molar-refractivity contribution in [1.29, 1.82) is 0 Å². The normalized spacial score (nSPS) is 28.3. The zero-order chi connectivity index (χ0) is 18.2. The molecule has 146 valence electrons. The van der Waals surface area contributed by atoms with Gasteiger partial charge in [-0.05, 0) is 55.7 Å². The van der Waals surface area contributed by atoms with Gasteiger partial charge in [0.05, 0.1) is 4.90 Å². The molecule has 2 aliphatic rings. The Morgan fingerprint density at radius 2 is 1.81 bits per heavy atom. The summed E-state index contributed by atoms with van der Waals surface area (Å²) in [6.45, 7) is 0. The van der Waals surface area contributed by atoms with Crippen LogP contribution in [-0.4, -0.2) is 38.8 Å². The van der Waals surface area contributed by atoms with Gasteiger partial charge in [-0.25, -0.2) is 12.7 Å². The molecule has 6 nitrogen and oxygen atoms in total. The van der Waals surface area contributed by atoms with Gasteiger partial charge in [-0.3, -0.25) is 4.79 Å². The lowest BCUT2D eigenvalue weighted by molar-refractivity contribution is -0.122. The van der Waals surface area contributed by atoms with Gasteiger partial charge in [0.2, 0.25) is 15.9 Å². The van der Waals surface area contributed by atoms with Crippen molar-refractivity contribution < 1.29 is 13.2 Å². The van der Waals surface area contributed by atoms with Crippen LogP contribution in [0.25, 0.3) is 0 Å². The first-order chi connectivity index (χ1) is 11.8. The fourth-order valence-corrected chi connectivity index (χ4v) is 5.14. The second kappa shape index (κ2) is 8.25. The van der Waals surface area contributed by atoms with E-state index in [1.165, 1.54) is 32.6 Å². The molecule has 2 fully saturated rings. The molecule has 2 saturated carbocycles. The van der Waals surface area contributed by atoms with E-state index in [1.807, 2.05) is 0 Å². The molecule has 0 radical (unpaired) electrons. The summed E-state index contributed by atoms with van der Waals surface area (Å²) in [5.41, 5.74) is 6.81. The highest BCUT2D eigenvalue weighted by Gasteiger charge is 2.40. The molecular formula is C18H28ClN3O3S. The summed E-state index contributed by atoms with van der Waals surface area (Å²) >= 11 is 0. The first-order valence-electron chi connectivity index (χ1n) is 8.88. The van der Waals surface area contributed by atoms with Crippen molar-refractivity contribution >= 4 is 34.0 Å². The van der Waals surface area contributed by atoms with Crippen molar-refractivity contribution in [1.82, 2.24) is 4.31 Å². The van der Waals surface area contributed by atoms with Gasteiger partial charge in [0.15, 0.2) is 0 Å². The zero-order valence-corrected chi connectivity index (χ0v) is 16.9. The highest BCUT2D eigenvalue weighted by Crippen LogP contribution is 2.42. The number of anilines is 1. The number of hydrogen-bond acceptors (Lipinski definition) is 4. The minimum Gasteiger partial charge on any atom is -0.327 e. The van der Waals surface area contributed by atoms with Gasteiger partial charge in [0.25, 0.3) is 0 Å². The van der Waals surface area contributed by atoms with Crippen LogP contribution in [0.3, 0.4) is 0 Å². The summed E-state index contributed by atoms with van der Waals surface area (Å²) in [5.74, 6) is 0.805. The van der Waals surface area contributed by atoms with E-state index < -0.39 is 10.0 Å². The number of fused-ring (bicyclic) bond motifs is 2. The maximum atomic E-state index is 12.7. The molecule has 0 heterocycles. The van der Waals surface area contributed by atoms with E-state index in [2.05, 4.69) is 5.32 Å². The number of sulfonamides is 1. The molecule has 3 rings (SSSR count). The Balaban J connectivity index is 0.00000243. The Hall–Kier alpha value is -1.15. The Morgan fingerprint density at radius 1 is 1.19 bits per heavy atom. The van der Waals surface area contributed by atoms with E-state index in [4.69, 9.17) is 5.73 Å². The van der Waals surface area contributed by atoms with Gasteiger partial charge in [-0.2, -0.15) is 0 Å². The monoisotopic (exact) mass is 401 g/mol. The molecule has 1 aromatic rings. The number of nitrogens with two attached hydrogens (primary N) is 1. The van der Waals surface area contributed by atoms with E-state index in [9.17, 15) is 13.2 Å². The first kappa shape index (κ1) is 21.2. The third kappa shape index (κ3) is 4.22. The third-order valence-electron chi connectivity index (χ3n) is 5.66. The van der Waals surface area contributed by atoms with Crippen molar-refractivity contribution in [3.05, 3.63) is 24.3 Å². The predicted molar refractivity (Wildman–Crippen MR) is 105 cm³/mol. The lowest BCUT2D eigenvalue weighted by Gasteiger charge is -2.43. The Kier molecular flexibility index (Phi) is 6.71. The van der Waals surface area contributed by atoms with E-state index in [0.717, 1.165) is 30.0 Å². The quantitative estimate of drug-likeness (QED) is 0.810. The molecule has 0 saturated heterocycles. The molecule has 0 aromatic heterocycles. The summed E-state index contributed by atoms with van der Waals surface area (Å²) in [5, 5.41) is 2.90. The number of benzene rings is 1. The van der Waals surface area contributed by atoms with Gasteiger partial charge in [0.1, 0.15) is 0 Å². The molecular weight excluding hydrogens is 374 g/mol. The number of rotatable bonds is 4. The number of carbonyl (C=O) groups excluding carboxylic acids is 1. The summed E-state index contributed by atoms with van der Waals surface area (Å²) in [7, 11) is -0.533. The van der Waals surface area contributed by atoms with E-state index in [0.29, 0.717) is 17.5 Å². The van der Waals surface area contributed by atoms with Gasteiger partial charge < -0.3 is 11.1 Å². The molecule has 3 N–H and O–H groups in total. The minimum absolute atomic E-state index is 0. The molecule has 1 amide bonds. The fourth-order valence-electron chi connectivity index (χ4n) is 4.19. The van der Waals surface area contributed by atoms with Crippen molar-refractivity contribution in [2.24, 2.45) is 23.5 Å². The van der Waals surface area contributed by atoms with Crippen LogP contribution in [0.2, 0.25) is 0 Å². The van der Waals surface area contributed by atoms with Crippen LogP contribution in [0, 0.1) is 17.8 Å². The number of halogens is 1. The molecule has 8 heteroatoms. The molecule has 0 spiro atoms. The number of nitrogens with zero attached hydrogens (tertiary/aromatic N) is 1. The summed E-state index contributed by atoms with van der Waals surface area (Å²) in [6, 6.07) is 6.66. The Labute approximate surface area is 162 Å². The minimum atomic E-state index is -3.51. The zero-order valence-electron chi connectivity index (χ0n) is 15.2. The summed E-state index contributed by atoms with van der Waals surface area (Å²) < 4.78 is 25.6. The van der Waals surface area contributed by atoms with Crippen LogP contribution in [0.15, 0.2) is 29.2 Å². The fraction of sp³-hybridized carbons (Fsp3) is 0.611. The number of carbonyl (C=O) groups is 1. The molecule has 1 aromatic carbocycles. The Morgan fingerprint density at radius 3 is 2.38 bits per heavy atom. The van der Waals surface area contributed by atoms with Crippen LogP contribution in [0.5, 0.6) is 0 Å². The standard InChI is InChI=1S/C18H27N3O3S.ClH/c1-21(2)25(23,24)16-8-4-7-15(11-16)20-18(22)14-9-12-5-3-6-13(10-14)17(12)19;/h4,7-8,11-14,17H,3,5-6,9-10,19H2,1-2H3,(H,20,22);1H. The number of amides is 1. The van der Waals surface area contributed by atoms with Gasteiger partial charge >= 0.3 is 0 Å².